The molecule has 1 aromatic heterocycles. The zero-order valence-corrected chi connectivity index (χ0v) is 12.1. The third kappa shape index (κ3) is 3.26. The first kappa shape index (κ1) is 14.3. The molecule has 102 valence electrons. The molecule has 2 aromatic rings. The Morgan fingerprint density at radius 2 is 2.20 bits per heavy atom. The largest absolute Gasteiger partial charge is 0.460 e. The second-order valence-electron chi connectivity index (χ2n) is 3.79. The van der Waals surface area contributed by atoms with Gasteiger partial charge in [-0.15, -0.1) is 0 Å². The lowest BCUT2D eigenvalue weighted by atomic mass is 10.3. The highest BCUT2D eigenvalue weighted by Gasteiger charge is 2.14. The maximum Gasteiger partial charge on any atom is 0.276 e. The SMILES string of the molecule is CN(C(=O)COc1nc(C#N)c(Cl)s1)c1ccccc1. The molecule has 5 nitrogen and oxygen atoms in total. The molecule has 0 unspecified atom stereocenters. The number of carbonyl (C=O) groups is 1. The summed E-state index contributed by atoms with van der Waals surface area (Å²) in [5.74, 6) is -0.221. The third-order valence-corrected chi connectivity index (χ3v) is 3.68. The van der Waals surface area contributed by atoms with Crippen molar-refractivity contribution in [2.24, 2.45) is 0 Å². The van der Waals surface area contributed by atoms with Crippen molar-refractivity contribution in [3.63, 3.8) is 0 Å². The first-order chi connectivity index (χ1) is 9.61. The van der Waals surface area contributed by atoms with Gasteiger partial charge < -0.3 is 9.64 Å². The summed E-state index contributed by atoms with van der Waals surface area (Å²) in [6, 6.07) is 11.1. The fraction of sp³-hybridized carbons (Fsp3) is 0.154. The van der Waals surface area contributed by atoms with Gasteiger partial charge in [0.2, 0.25) is 0 Å². The number of carbonyl (C=O) groups excluding carboxylic acids is 1. The van der Waals surface area contributed by atoms with Crippen molar-refractivity contribution >= 4 is 34.5 Å². The summed E-state index contributed by atoms with van der Waals surface area (Å²) >= 11 is 6.80. The summed E-state index contributed by atoms with van der Waals surface area (Å²) < 4.78 is 5.51. The lowest BCUT2D eigenvalue weighted by Gasteiger charge is -2.16. The number of thiazole rings is 1. The lowest BCUT2D eigenvalue weighted by Crippen LogP contribution is -2.31. The van der Waals surface area contributed by atoms with E-state index in [2.05, 4.69) is 4.98 Å². The Kier molecular flexibility index (Phi) is 4.56. The normalized spacial score (nSPS) is 9.85. The minimum atomic E-state index is -0.221. The fourth-order valence-electron chi connectivity index (χ4n) is 1.43. The number of hydrogen-bond donors (Lipinski definition) is 0. The molecular weight excluding hydrogens is 298 g/mol. The maximum absolute atomic E-state index is 12.0. The summed E-state index contributed by atoms with van der Waals surface area (Å²) in [6.07, 6.45) is 0. The van der Waals surface area contributed by atoms with Gasteiger partial charge in [-0.25, -0.2) is 0 Å². The van der Waals surface area contributed by atoms with E-state index in [9.17, 15) is 4.79 Å². The number of ether oxygens (including phenoxy) is 1. The predicted octanol–water partition coefficient (Wildman–Crippen LogP) is 2.71. The molecule has 0 fully saturated rings. The van der Waals surface area contributed by atoms with Crippen molar-refractivity contribution in [1.29, 1.82) is 5.26 Å². The molecule has 0 saturated carbocycles. The Balaban J connectivity index is 1.97. The van der Waals surface area contributed by atoms with Crippen molar-refractivity contribution in [2.75, 3.05) is 18.6 Å². The number of para-hydroxylation sites is 1. The number of hydrogen-bond acceptors (Lipinski definition) is 5. The second kappa shape index (κ2) is 6.37. The second-order valence-corrected chi connectivity index (χ2v) is 5.35. The number of nitriles is 1. The van der Waals surface area contributed by atoms with E-state index >= 15 is 0 Å². The molecule has 0 aliphatic heterocycles. The molecule has 20 heavy (non-hydrogen) atoms. The van der Waals surface area contributed by atoms with E-state index in [1.165, 1.54) is 4.90 Å². The highest BCUT2D eigenvalue weighted by atomic mass is 35.5. The number of anilines is 1. The van der Waals surface area contributed by atoms with Crippen LogP contribution in [0.3, 0.4) is 0 Å². The van der Waals surface area contributed by atoms with E-state index in [-0.39, 0.29) is 27.7 Å². The van der Waals surface area contributed by atoms with E-state index in [0.717, 1.165) is 17.0 Å². The first-order valence-corrected chi connectivity index (χ1v) is 6.82. The van der Waals surface area contributed by atoms with Gasteiger partial charge in [0.05, 0.1) is 0 Å². The Morgan fingerprint density at radius 1 is 1.50 bits per heavy atom. The van der Waals surface area contributed by atoms with Crippen LogP contribution < -0.4 is 9.64 Å². The molecule has 0 radical (unpaired) electrons. The number of rotatable bonds is 4. The van der Waals surface area contributed by atoms with Crippen LogP contribution in [0, 0.1) is 11.3 Å². The molecule has 0 atom stereocenters. The zero-order valence-electron chi connectivity index (χ0n) is 10.5. The van der Waals surface area contributed by atoms with E-state index in [0.29, 0.717) is 0 Å². The van der Waals surface area contributed by atoms with Gasteiger partial charge in [0.25, 0.3) is 11.1 Å². The first-order valence-electron chi connectivity index (χ1n) is 5.62. The Bertz CT molecular complexity index is 651. The number of likely N-dealkylation sites (N-methyl/N-ethyl adjacent to an activating group) is 1. The number of amides is 1. The van der Waals surface area contributed by atoms with Crippen LogP contribution in [0.1, 0.15) is 5.69 Å². The van der Waals surface area contributed by atoms with E-state index in [1.807, 2.05) is 36.4 Å². The number of benzene rings is 1. The molecule has 0 bridgehead atoms. The highest BCUT2D eigenvalue weighted by molar-refractivity contribution is 7.17. The predicted molar refractivity (Wildman–Crippen MR) is 77.2 cm³/mol. The average Bonchev–Trinajstić information content (AvgIpc) is 2.85. The molecule has 1 amide bonds. The van der Waals surface area contributed by atoms with Crippen LogP contribution in [-0.2, 0) is 4.79 Å². The van der Waals surface area contributed by atoms with E-state index < -0.39 is 0 Å². The zero-order chi connectivity index (χ0) is 14.5. The van der Waals surface area contributed by atoms with Crippen molar-refractivity contribution in [2.45, 2.75) is 0 Å². The van der Waals surface area contributed by atoms with Crippen molar-refractivity contribution in [1.82, 2.24) is 4.98 Å². The van der Waals surface area contributed by atoms with Crippen molar-refractivity contribution in [3.05, 3.63) is 40.4 Å². The van der Waals surface area contributed by atoms with Gasteiger partial charge in [0.1, 0.15) is 10.4 Å². The summed E-state index contributed by atoms with van der Waals surface area (Å²) in [5.41, 5.74) is 0.881. The van der Waals surface area contributed by atoms with Crippen molar-refractivity contribution in [3.8, 4) is 11.3 Å². The van der Waals surface area contributed by atoms with Crippen LogP contribution >= 0.6 is 22.9 Å². The topological polar surface area (TPSA) is 66.2 Å². The quantitative estimate of drug-likeness (QED) is 0.871. The van der Waals surface area contributed by atoms with Crippen LogP contribution in [0.4, 0.5) is 5.69 Å². The Hall–Kier alpha value is -2.10. The van der Waals surface area contributed by atoms with Crippen LogP contribution in [0.25, 0.3) is 0 Å². The number of aromatic nitrogens is 1. The lowest BCUT2D eigenvalue weighted by molar-refractivity contribution is -0.120. The number of nitrogens with zero attached hydrogens (tertiary/aromatic N) is 3. The van der Waals surface area contributed by atoms with Crippen molar-refractivity contribution < 1.29 is 9.53 Å². The molecule has 1 heterocycles. The van der Waals surface area contributed by atoms with Gasteiger partial charge >= 0.3 is 0 Å². The maximum atomic E-state index is 12.0. The summed E-state index contributed by atoms with van der Waals surface area (Å²) in [5, 5.41) is 8.93. The van der Waals surface area contributed by atoms with Gasteiger partial charge in [0, 0.05) is 12.7 Å². The Morgan fingerprint density at radius 3 is 2.80 bits per heavy atom. The monoisotopic (exact) mass is 307 g/mol. The van der Waals surface area contributed by atoms with Crippen LogP contribution in [0.2, 0.25) is 4.34 Å². The van der Waals surface area contributed by atoms with Gasteiger partial charge in [-0.2, -0.15) is 10.2 Å². The van der Waals surface area contributed by atoms with Crippen LogP contribution in [0.5, 0.6) is 5.19 Å². The fourth-order valence-corrected chi connectivity index (χ4v) is 2.31. The minimum Gasteiger partial charge on any atom is -0.460 e. The minimum absolute atomic E-state index is 0.107. The van der Waals surface area contributed by atoms with E-state index in [4.69, 9.17) is 21.6 Å². The molecule has 1 aromatic carbocycles. The molecule has 2 rings (SSSR count). The third-order valence-electron chi connectivity index (χ3n) is 2.51. The number of halogens is 1. The molecule has 0 aliphatic rings. The van der Waals surface area contributed by atoms with Gasteiger partial charge in [-0.1, -0.05) is 41.1 Å². The van der Waals surface area contributed by atoms with Crippen LogP contribution in [0.15, 0.2) is 30.3 Å². The Labute approximate surface area is 125 Å². The van der Waals surface area contributed by atoms with E-state index in [1.54, 1.807) is 7.05 Å². The standard InChI is InChI=1S/C13H10ClN3O2S/c1-17(9-5-3-2-4-6-9)11(18)8-19-13-16-10(7-15)12(14)20-13/h2-6H,8H2,1H3. The van der Waals surface area contributed by atoms with Crippen LogP contribution in [-0.4, -0.2) is 24.5 Å². The summed E-state index contributed by atoms with van der Waals surface area (Å²) in [4.78, 5) is 17.3. The molecule has 0 saturated heterocycles. The molecule has 7 heteroatoms. The smallest absolute Gasteiger partial charge is 0.276 e. The molecule has 0 spiro atoms. The van der Waals surface area contributed by atoms with Gasteiger partial charge in [-0.3, -0.25) is 4.79 Å². The van der Waals surface area contributed by atoms with Gasteiger partial charge in [0.15, 0.2) is 12.3 Å². The molecule has 0 N–H and O–H groups in total. The van der Waals surface area contributed by atoms with Gasteiger partial charge in [-0.05, 0) is 12.1 Å². The highest BCUT2D eigenvalue weighted by Crippen LogP contribution is 2.29. The molecular formula is C13H10ClN3O2S. The average molecular weight is 308 g/mol. The summed E-state index contributed by atoms with van der Waals surface area (Å²) in [7, 11) is 1.66. The summed E-state index contributed by atoms with van der Waals surface area (Å²) in [6.45, 7) is -0.167. The molecule has 0 aliphatic carbocycles.